The van der Waals surface area contributed by atoms with Gasteiger partial charge < -0.3 is 13.8 Å². The molecule has 0 radical (unpaired) electrons. The molecule has 1 aliphatic heterocycles. The number of amides is 1. The van der Waals surface area contributed by atoms with Crippen LogP contribution in [0.3, 0.4) is 0 Å². The molecule has 0 unspecified atom stereocenters. The number of carbonyl (C=O) groups excluding carboxylic acids is 1. The highest BCUT2D eigenvalue weighted by molar-refractivity contribution is 9.10. The lowest BCUT2D eigenvalue weighted by Gasteiger charge is -2.36. The van der Waals surface area contributed by atoms with Gasteiger partial charge in [-0.15, -0.1) is 22.7 Å². The number of thiophene rings is 2. The molecule has 1 saturated heterocycles. The molecule has 0 N–H and O–H groups in total. The molecule has 0 aromatic carbocycles. The zero-order valence-electron chi connectivity index (χ0n) is 24.6. The second-order valence-electron chi connectivity index (χ2n) is 13.0. The molecule has 3 heterocycles. The van der Waals surface area contributed by atoms with E-state index in [-0.39, 0.29) is 10.9 Å². The third-order valence-electron chi connectivity index (χ3n) is 7.93. The standard InChI is InChI=1S/C17H29NO2SSi.C11H19BrOSSi/c1-17(2,3)22(4,5)20-12-15-11-14(13-21-15)16(19)18-9-7-6-8-10-18;1-11(2,3)15(4,5)13-7-10-6-9(12)8-14-10/h11,13H,6-10,12H2,1-5H3;6,8H,7H2,1-5H3. The second kappa shape index (κ2) is 13.4. The van der Waals surface area contributed by atoms with E-state index in [9.17, 15) is 4.79 Å². The molecule has 2 aromatic rings. The summed E-state index contributed by atoms with van der Waals surface area (Å²) in [6.45, 7) is 25.9. The molecule has 4 nitrogen and oxygen atoms in total. The second-order valence-corrected chi connectivity index (χ2v) is 25.5. The summed E-state index contributed by atoms with van der Waals surface area (Å²) in [7, 11) is -3.31. The molecule has 3 rings (SSSR count). The monoisotopic (exact) mass is 645 g/mol. The molecule has 2 aromatic heterocycles. The third-order valence-corrected chi connectivity index (χ3v) is 19.5. The smallest absolute Gasteiger partial charge is 0.254 e. The van der Waals surface area contributed by atoms with Crippen molar-refractivity contribution in [1.82, 2.24) is 4.90 Å². The minimum absolute atomic E-state index is 0.189. The zero-order valence-corrected chi connectivity index (χ0v) is 29.8. The molecule has 1 fully saturated rings. The van der Waals surface area contributed by atoms with Crippen LogP contribution in [-0.4, -0.2) is 40.5 Å². The molecule has 9 heteroatoms. The topological polar surface area (TPSA) is 38.8 Å². The van der Waals surface area contributed by atoms with E-state index in [2.05, 4.69) is 95.1 Å². The number of hydrogen-bond acceptors (Lipinski definition) is 5. The first-order valence-electron chi connectivity index (χ1n) is 13.3. The van der Waals surface area contributed by atoms with Crippen LogP contribution in [0.2, 0.25) is 36.3 Å². The van der Waals surface area contributed by atoms with Gasteiger partial charge in [0.15, 0.2) is 16.6 Å². The molecule has 0 atom stereocenters. The molecule has 37 heavy (non-hydrogen) atoms. The first kappa shape index (κ1) is 32.9. The maximum Gasteiger partial charge on any atom is 0.254 e. The number of likely N-dealkylation sites (tertiary alicyclic amines) is 1. The van der Waals surface area contributed by atoms with E-state index < -0.39 is 16.6 Å². The van der Waals surface area contributed by atoms with Crippen molar-refractivity contribution in [3.05, 3.63) is 42.7 Å². The summed E-state index contributed by atoms with van der Waals surface area (Å²) in [4.78, 5) is 16.9. The minimum atomic E-state index is -1.73. The van der Waals surface area contributed by atoms with Crippen molar-refractivity contribution < 1.29 is 13.6 Å². The van der Waals surface area contributed by atoms with Gasteiger partial charge in [0.05, 0.1) is 18.8 Å². The largest absolute Gasteiger partial charge is 0.412 e. The minimum Gasteiger partial charge on any atom is -0.412 e. The Hall–Kier alpha value is -0.296. The van der Waals surface area contributed by atoms with Crippen molar-refractivity contribution in [2.45, 2.75) is 110 Å². The van der Waals surface area contributed by atoms with Crippen LogP contribution in [0.1, 0.15) is 80.9 Å². The van der Waals surface area contributed by atoms with Crippen LogP contribution in [0.4, 0.5) is 0 Å². The number of carbonyl (C=O) groups is 1. The Bertz CT molecular complexity index is 1000. The van der Waals surface area contributed by atoms with E-state index in [0.29, 0.717) is 11.6 Å². The molecule has 0 spiro atoms. The highest BCUT2D eigenvalue weighted by Crippen LogP contribution is 2.38. The average molecular weight is 647 g/mol. The lowest BCUT2D eigenvalue weighted by Crippen LogP contribution is -2.40. The normalized spacial score (nSPS) is 15.4. The van der Waals surface area contributed by atoms with Crippen LogP contribution in [-0.2, 0) is 22.1 Å². The Labute approximate surface area is 244 Å². The van der Waals surface area contributed by atoms with Crippen LogP contribution >= 0.6 is 38.6 Å². The van der Waals surface area contributed by atoms with Gasteiger partial charge in [-0.25, -0.2) is 0 Å². The Morgan fingerprint density at radius 3 is 1.73 bits per heavy atom. The highest BCUT2D eigenvalue weighted by Gasteiger charge is 2.38. The number of halogens is 1. The van der Waals surface area contributed by atoms with Crippen molar-refractivity contribution in [2.24, 2.45) is 0 Å². The van der Waals surface area contributed by atoms with Crippen LogP contribution in [0.15, 0.2) is 27.4 Å². The fraction of sp³-hybridized carbons (Fsp3) is 0.679. The fourth-order valence-electron chi connectivity index (χ4n) is 3.21. The van der Waals surface area contributed by atoms with Gasteiger partial charge in [-0.2, -0.15) is 0 Å². The summed E-state index contributed by atoms with van der Waals surface area (Å²) in [6, 6.07) is 4.16. The lowest BCUT2D eigenvalue weighted by atomic mass is 10.1. The van der Waals surface area contributed by atoms with Crippen LogP contribution in [0.5, 0.6) is 0 Å². The van der Waals surface area contributed by atoms with E-state index in [0.717, 1.165) is 47.5 Å². The van der Waals surface area contributed by atoms with Crippen LogP contribution in [0.25, 0.3) is 0 Å². The Balaban J connectivity index is 0.000000281. The Morgan fingerprint density at radius 1 is 0.838 bits per heavy atom. The SMILES string of the molecule is CC(C)(C)[Si](C)(C)OCc1cc(Br)cs1.CC(C)(C)[Si](C)(C)OCc1cc(C(=O)N2CCCCC2)cs1. The van der Waals surface area contributed by atoms with E-state index in [1.165, 1.54) is 11.3 Å². The van der Waals surface area contributed by atoms with Crippen LogP contribution < -0.4 is 0 Å². The molecule has 0 saturated carbocycles. The zero-order chi connectivity index (χ0) is 28.1. The van der Waals surface area contributed by atoms with Gasteiger partial charge in [-0.05, 0) is 83.6 Å². The van der Waals surface area contributed by atoms with Gasteiger partial charge in [-0.3, -0.25) is 4.79 Å². The summed E-state index contributed by atoms with van der Waals surface area (Å²) < 4.78 is 13.5. The maximum atomic E-state index is 12.5. The van der Waals surface area contributed by atoms with Gasteiger partial charge in [0.2, 0.25) is 0 Å². The van der Waals surface area contributed by atoms with E-state index in [4.69, 9.17) is 8.85 Å². The number of hydrogen-bond donors (Lipinski definition) is 0. The quantitative estimate of drug-likeness (QED) is 0.281. The summed E-state index contributed by atoms with van der Waals surface area (Å²) in [5, 5.41) is 4.60. The van der Waals surface area contributed by atoms with Crippen molar-refractivity contribution in [3.8, 4) is 0 Å². The van der Waals surface area contributed by atoms with Gasteiger partial charge >= 0.3 is 0 Å². The molecule has 210 valence electrons. The van der Waals surface area contributed by atoms with Crippen molar-refractivity contribution >= 4 is 61.1 Å². The number of piperidine rings is 1. The van der Waals surface area contributed by atoms with E-state index in [1.807, 2.05) is 16.3 Å². The number of rotatable bonds is 7. The predicted molar refractivity (Wildman–Crippen MR) is 170 cm³/mol. The molecule has 0 aliphatic carbocycles. The van der Waals surface area contributed by atoms with E-state index in [1.54, 1.807) is 22.7 Å². The third kappa shape index (κ3) is 9.99. The molecule has 1 amide bonds. The first-order chi connectivity index (χ1) is 16.9. The summed E-state index contributed by atoms with van der Waals surface area (Å²) in [6.07, 6.45) is 3.52. The van der Waals surface area contributed by atoms with Crippen molar-refractivity contribution in [2.75, 3.05) is 13.1 Å². The van der Waals surface area contributed by atoms with Gasteiger partial charge in [0, 0.05) is 38.1 Å². The van der Waals surface area contributed by atoms with Gasteiger partial charge in [0.25, 0.3) is 5.91 Å². The van der Waals surface area contributed by atoms with Crippen molar-refractivity contribution in [1.29, 1.82) is 0 Å². The highest BCUT2D eigenvalue weighted by atomic mass is 79.9. The summed E-state index contributed by atoms with van der Waals surface area (Å²) >= 11 is 6.85. The molecule has 0 bridgehead atoms. The number of nitrogens with zero attached hydrogens (tertiary/aromatic N) is 1. The first-order valence-corrected chi connectivity index (χ1v) is 21.7. The maximum absolute atomic E-state index is 12.5. The fourth-order valence-corrected chi connectivity index (χ4v) is 7.45. The Kier molecular flexibility index (Phi) is 11.9. The molecule has 1 aliphatic rings. The summed E-state index contributed by atoms with van der Waals surface area (Å²) in [5.41, 5.74) is 0.834. The lowest BCUT2D eigenvalue weighted by molar-refractivity contribution is 0.0725. The predicted octanol–water partition coefficient (Wildman–Crippen LogP) is 9.93. The van der Waals surface area contributed by atoms with Gasteiger partial charge in [0.1, 0.15) is 0 Å². The summed E-state index contributed by atoms with van der Waals surface area (Å²) in [5.74, 6) is 0.189. The van der Waals surface area contributed by atoms with E-state index >= 15 is 0 Å². The van der Waals surface area contributed by atoms with Gasteiger partial charge in [-0.1, -0.05) is 41.5 Å². The van der Waals surface area contributed by atoms with Crippen LogP contribution in [0, 0.1) is 0 Å². The molecular formula is C28H48BrNO3S2Si2. The Morgan fingerprint density at radius 2 is 1.30 bits per heavy atom. The molecular weight excluding hydrogens is 599 g/mol. The average Bonchev–Trinajstić information content (AvgIpc) is 3.44. The van der Waals surface area contributed by atoms with Crippen molar-refractivity contribution in [3.63, 3.8) is 0 Å².